The molecule has 1 heterocycles. The lowest BCUT2D eigenvalue weighted by molar-refractivity contribution is 0.628. The van der Waals surface area contributed by atoms with Crippen LogP contribution in [-0.2, 0) is 0 Å². The molecule has 0 radical (unpaired) electrons. The molecular formula is C17H16FN3. The van der Waals surface area contributed by atoms with Crippen LogP contribution in [0.2, 0.25) is 0 Å². The molecule has 106 valence electrons. The van der Waals surface area contributed by atoms with Crippen LogP contribution in [0.4, 0.5) is 10.1 Å². The maximum atomic E-state index is 12.9. The van der Waals surface area contributed by atoms with Gasteiger partial charge in [0.2, 0.25) is 0 Å². The lowest BCUT2D eigenvalue weighted by Gasteiger charge is -2.13. The van der Waals surface area contributed by atoms with Crippen LogP contribution in [0.5, 0.6) is 0 Å². The molecule has 4 heteroatoms. The van der Waals surface area contributed by atoms with Crippen LogP contribution in [0.1, 0.15) is 18.5 Å². The quantitative estimate of drug-likeness (QED) is 0.777. The lowest BCUT2D eigenvalue weighted by Crippen LogP contribution is -2.05. The first-order chi connectivity index (χ1) is 10.2. The zero-order valence-corrected chi connectivity index (χ0v) is 11.7. The van der Waals surface area contributed by atoms with E-state index in [2.05, 4.69) is 17.3 Å². The number of benzene rings is 2. The molecule has 21 heavy (non-hydrogen) atoms. The van der Waals surface area contributed by atoms with Gasteiger partial charge in [-0.15, -0.1) is 0 Å². The predicted octanol–water partition coefficient (Wildman–Crippen LogP) is 4.18. The van der Waals surface area contributed by atoms with Crippen LogP contribution in [0.3, 0.4) is 0 Å². The van der Waals surface area contributed by atoms with E-state index in [9.17, 15) is 4.39 Å². The highest BCUT2D eigenvalue weighted by atomic mass is 19.1. The summed E-state index contributed by atoms with van der Waals surface area (Å²) in [6.45, 7) is 2.05. The molecule has 3 aromatic rings. The van der Waals surface area contributed by atoms with E-state index in [1.165, 1.54) is 12.1 Å². The molecule has 0 spiro atoms. The highest BCUT2D eigenvalue weighted by Crippen LogP contribution is 2.20. The second-order valence-corrected chi connectivity index (χ2v) is 4.93. The summed E-state index contributed by atoms with van der Waals surface area (Å²) in [5, 5.41) is 7.71. The Hall–Kier alpha value is -2.62. The van der Waals surface area contributed by atoms with Crippen molar-refractivity contribution in [3.63, 3.8) is 0 Å². The standard InChI is InChI=1S/C17H16FN3/c1-13(20-16-9-7-15(18)8-10-16)14-11-19-21(12-14)17-5-3-2-4-6-17/h2-13,20H,1H3. The molecule has 3 nitrogen and oxygen atoms in total. The van der Waals surface area contributed by atoms with Crippen molar-refractivity contribution < 1.29 is 4.39 Å². The van der Waals surface area contributed by atoms with Gasteiger partial charge in [-0.2, -0.15) is 5.10 Å². The van der Waals surface area contributed by atoms with Crippen molar-refractivity contribution in [2.75, 3.05) is 5.32 Å². The summed E-state index contributed by atoms with van der Waals surface area (Å²) >= 11 is 0. The van der Waals surface area contributed by atoms with E-state index in [1.54, 1.807) is 12.1 Å². The highest BCUT2D eigenvalue weighted by Gasteiger charge is 2.09. The maximum absolute atomic E-state index is 12.9. The molecular weight excluding hydrogens is 265 g/mol. The van der Waals surface area contributed by atoms with Gasteiger partial charge >= 0.3 is 0 Å². The van der Waals surface area contributed by atoms with Gasteiger partial charge < -0.3 is 5.32 Å². The van der Waals surface area contributed by atoms with Crippen molar-refractivity contribution in [3.8, 4) is 5.69 Å². The van der Waals surface area contributed by atoms with Crippen LogP contribution < -0.4 is 5.32 Å². The molecule has 0 bridgehead atoms. The summed E-state index contributed by atoms with van der Waals surface area (Å²) in [6.07, 6.45) is 3.84. The number of nitrogens with one attached hydrogen (secondary N) is 1. The molecule has 0 aliphatic heterocycles. The van der Waals surface area contributed by atoms with Gasteiger partial charge in [0.15, 0.2) is 0 Å². The Morgan fingerprint density at radius 1 is 1.05 bits per heavy atom. The molecule has 3 rings (SSSR count). The van der Waals surface area contributed by atoms with Gasteiger partial charge in [0.1, 0.15) is 5.82 Å². The van der Waals surface area contributed by atoms with Crippen LogP contribution in [0, 0.1) is 5.82 Å². The molecule has 0 aliphatic carbocycles. The van der Waals surface area contributed by atoms with Crippen molar-refractivity contribution in [2.24, 2.45) is 0 Å². The number of hydrogen-bond donors (Lipinski definition) is 1. The van der Waals surface area contributed by atoms with E-state index in [4.69, 9.17) is 0 Å². The number of halogens is 1. The third kappa shape index (κ3) is 3.11. The Morgan fingerprint density at radius 3 is 2.48 bits per heavy atom. The van der Waals surface area contributed by atoms with Crippen molar-refractivity contribution in [1.82, 2.24) is 9.78 Å². The average Bonchev–Trinajstić information content (AvgIpc) is 3.00. The minimum Gasteiger partial charge on any atom is -0.378 e. The SMILES string of the molecule is CC(Nc1ccc(F)cc1)c1cnn(-c2ccccc2)c1. The van der Waals surface area contributed by atoms with Crippen molar-refractivity contribution in [3.05, 3.63) is 78.4 Å². The molecule has 0 saturated carbocycles. The summed E-state index contributed by atoms with van der Waals surface area (Å²) in [6, 6.07) is 16.4. The Labute approximate surface area is 123 Å². The van der Waals surface area contributed by atoms with E-state index >= 15 is 0 Å². The van der Waals surface area contributed by atoms with Crippen molar-refractivity contribution in [2.45, 2.75) is 13.0 Å². The number of nitrogens with zero attached hydrogens (tertiary/aromatic N) is 2. The highest BCUT2D eigenvalue weighted by molar-refractivity contribution is 5.45. The third-order valence-corrected chi connectivity index (χ3v) is 3.35. The zero-order valence-electron chi connectivity index (χ0n) is 11.7. The number of anilines is 1. The zero-order chi connectivity index (χ0) is 14.7. The topological polar surface area (TPSA) is 29.9 Å². The first-order valence-corrected chi connectivity index (χ1v) is 6.84. The molecule has 0 saturated heterocycles. The molecule has 0 amide bonds. The number of para-hydroxylation sites is 1. The fourth-order valence-corrected chi connectivity index (χ4v) is 2.16. The average molecular weight is 281 g/mol. The largest absolute Gasteiger partial charge is 0.378 e. The molecule has 0 fully saturated rings. The van der Waals surface area contributed by atoms with Crippen LogP contribution >= 0.6 is 0 Å². The molecule has 1 N–H and O–H groups in total. The monoisotopic (exact) mass is 281 g/mol. The number of aromatic nitrogens is 2. The number of rotatable bonds is 4. The van der Waals surface area contributed by atoms with Crippen molar-refractivity contribution in [1.29, 1.82) is 0 Å². The van der Waals surface area contributed by atoms with Gasteiger partial charge in [0.05, 0.1) is 17.9 Å². The van der Waals surface area contributed by atoms with E-state index < -0.39 is 0 Å². The summed E-state index contributed by atoms with van der Waals surface area (Å²) in [7, 11) is 0. The van der Waals surface area contributed by atoms with Crippen LogP contribution in [-0.4, -0.2) is 9.78 Å². The predicted molar refractivity (Wildman–Crippen MR) is 82.0 cm³/mol. The Kier molecular flexibility index (Phi) is 3.69. The van der Waals surface area contributed by atoms with Gasteiger partial charge in [0, 0.05) is 17.4 Å². The second kappa shape index (κ2) is 5.79. The van der Waals surface area contributed by atoms with E-state index in [0.29, 0.717) is 0 Å². The van der Waals surface area contributed by atoms with E-state index in [0.717, 1.165) is 16.9 Å². The Bertz CT molecular complexity index is 704. The summed E-state index contributed by atoms with van der Waals surface area (Å²) in [4.78, 5) is 0. The maximum Gasteiger partial charge on any atom is 0.123 e. The summed E-state index contributed by atoms with van der Waals surface area (Å²) < 4.78 is 14.7. The Morgan fingerprint density at radius 2 is 1.76 bits per heavy atom. The Balaban J connectivity index is 1.75. The lowest BCUT2D eigenvalue weighted by atomic mass is 10.2. The van der Waals surface area contributed by atoms with Gasteiger partial charge in [-0.3, -0.25) is 0 Å². The molecule has 2 aromatic carbocycles. The van der Waals surface area contributed by atoms with Crippen LogP contribution in [0.25, 0.3) is 5.69 Å². The molecule has 1 aromatic heterocycles. The first-order valence-electron chi connectivity index (χ1n) is 6.84. The summed E-state index contributed by atoms with van der Waals surface area (Å²) in [5.41, 5.74) is 2.98. The van der Waals surface area contributed by atoms with Crippen molar-refractivity contribution >= 4 is 5.69 Å². The van der Waals surface area contributed by atoms with Gasteiger partial charge in [-0.05, 0) is 43.3 Å². The van der Waals surface area contributed by atoms with Crippen LogP contribution in [0.15, 0.2) is 67.0 Å². The number of hydrogen-bond acceptors (Lipinski definition) is 2. The molecule has 1 atom stereocenters. The minimum atomic E-state index is -0.231. The summed E-state index contributed by atoms with van der Waals surface area (Å²) in [5.74, 6) is -0.231. The fourth-order valence-electron chi connectivity index (χ4n) is 2.16. The minimum absolute atomic E-state index is 0.0907. The van der Waals surface area contributed by atoms with Gasteiger partial charge in [-0.1, -0.05) is 18.2 Å². The molecule has 0 aliphatic rings. The first kappa shape index (κ1) is 13.4. The fraction of sp³-hybridized carbons (Fsp3) is 0.118. The van der Waals surface area contributed by atoms with Gasteiger partial charge in [-0.25, -0.2) is 9.07 Å². The van der Waals surface area contributed by atoms with Gasteiger partial charge in [0.25, 0.3) is 0 Å². The smallest absolute Gasteiger partial charge is 0.123 e. The van der Waals surface area contributed by atoms with E-state index in [-0.39, 0.29) is 11.9 Å². The van der Waals surface area contributed by atoms with E-state index in [1.807, 2.05) is 47.4 Å². The molecule has 1 unspecified atom stereocenters. The second-order valence-electron chi connectivity index (χ2n) is 4.93. The third-order valence-electron chi connectivity index (χ3n) is 3.35. The normalized spacial score (nSPS) is 12.1.